The second kappa shape index (κ2) is 11.0. The monoisotopic (exact) mass is 458 g/mol. The summed E-state index contributed by atoms with van der Waals surface area (Å²) in [5, 5.41) is 15.6. The summed E-state index contributed by atoms with van der Waals surface area (Å²) in [6.45, 7) is 4.08. The third-order valence-corrected chi connectivity index (χ3v) is 7.04. The molecule has 3 rings (SSSR count). The van der Waals surface area contributed by atoms with Crippen LogP contribution in [0, 0.1) is 11.3 Å². The molecule has 180 valence electrons. The predicted octanol–water partition coefficient (Wildman–Crippen LogP) is 2.36. The van der Waals surface area contributed by atoms with Gasteiger partial charge < -0.3 is 15.2 Å². The average Bonchev–Trinajstić information content (AvgIpc) is 3.23. The number of rotatable bonds is 10. The Hall–Kier alpha value is -2.58. The quantitative estimate of drug-likeness (QED) is 0.361. The molecule has 1 saturated heterocycles. The molecule has 8 nitrogen and oxygen atoms in total. The minimum Gasteiger partial charge on any atom is -0.480 e. The zero-order valence-electron chi connectivity index (χ0n) is 19.3. The molecule has 0 radical (unpaired) electrons. The second-order valence-corrected chi connectivity index (χ2v) is 9.23. The third kappa shape index (κ3) is 5.86. The number of hydrogen-bond acceptors (Lipinski definition) is 7. The number of carboxylic acids is 1. The number of nitrogens with one attached hydrogen (secondary N) is 2. The zero-order chi connectivity index (χ0) is 24.0. The first-order valence-corrected chi connectivity index (χ1v) is 11.8. The Morgan fingerprint density at radius 3 is 2.58 bits per heavy atom. The number of benzene rings is 1. The van der Waals surface area contributed by atoms with Gasteiger partial charge in [-0.05, 0) is 38.5 Å². The standard InChI is InChI=1S/C25H34N2O6/c1-3-33-24(32)19(13-21(28)17-9-5-4-6-10-17)27-16(2)22(29)18-11-7-8-12-25(18)14-20(23(30)31)26-15-25/h4-6,9-10,16,18-20,26-27H,3,7-8,11-15H2,1-2H3,(H,30,31)/t16-,18?,19?,20?,25?/m0/s1. The van der Waals surface area contributed by atoms with Gasteiger partial charge in [0, 0.05) is 24.4 Å². The molecular formula is C25H34N2O6. The van der Waals surface area contributed by atoms with E-state index >= 15 is 0 Å². The van der Waals surface area contributed by atoms with Crippen LogP contribution in [0.15, 0.2) is 30.3 Å². The Morgan fingerprint density at radius 2 is 1.94 bits per heavy atom. The van der Waals surface area contributed by atoms with Gasteiger partial charge in [-0.25, -0.2) is 0 Å². The maximum Gasteiger partial charge on any atom is 0.323 e. The average molecular weight is 459 g/mol. The normalized spacial score (nSPS) is 26.5. The van der Waals surface area contributed by atoms with Crippen molar-refractivity contribution in [3.63, 3.8) is 0 Å². The molecule has 2 fully saturated rings. The number of ketones is 2. The van der Waals surface area contributed by atoms with Crippen molar-refractivity contribution in [1.29, 1.82) is 0 Å². The fourth-order valence-electron chi connectivity index (χ4n) is 5.32. The van der Waals surface area contributed by atoms with Gasteiger partial charge in [-0.2, -0.15) is 0 Å². The SMILES string of the molecule is CCOC(=O)C(CC(=O)c1ccccc1)N[C@@H](C)C(=O)C1CCCCC12CNC(C(=O)O)C2. The number of carbonyl (C=O) groups excluding carboxylic acids is 3. The van der Waals surface area contributed by atoms with Crippen LogP contribution >= 0.6 is 0 Å². The van der Waals surface area contributed by atoms with E-state index in [0.717, 1.165) is 19.3 Å². The summed E-state index contributed by atoms with van der Waals surface area (Å²) in [4.78, 5) is 50.3. The van der Waals surface area contributed by atoms with Crippen LogP contribution in [0.1, 0.15) is 62.7 Å². The van der Waals surface area contributed by atoms with E-state index in [1.807, 2.05) is 6.07 Å². The Bertz CT molecular complexity index is 873. The van der Waals surface area contributed by atoms with Crippen molar-refractivity contribution in [2.24, 2.45) is 11.3 Å². The Labute approximate surface area is 194 Å². The van der Waals surface area contributed by atoms with E-state index in [4.69, 9.17) is 4.74 Å². The van der Waals surface area contributed by atoms with Crippen LogP contribution in [0.4, 0.5) is 0 Å². The van der Waals surface area contributed by atoms with E-state index in [-0.39, 0.29) is 35.9 Å². The van der Waals surface area contributed by atoms with Crippen molar-refractivity contribution in [3.8, 4) is 0 Å². The van der Waals surface area contributed by atoms with Crippen molar-refractivity contribution in [2.45, 2.75) is 70.5 Å². The van der Waals surface area contributed by atoms with Crippen LogP contribution in [-0.4, -0.2) is 59.9 Å². The first-order chi connectivity index (χ1) is 15.8. The lowest BCUT2D eigenvalue weighted by molar-refractivity contribution is -0.146. The Morgan fingerprint density at radius 1 is 1.21 bits per heavy atom. The third-order valence-electron chi connectivity index (χ3n) is 7.04. The summed E-state index contributed by atoms with van der Waals surface area (Å²) in [6.07, 6.45) is 3.71. The van der Waals surface area contributed by atoms with Gasteiger partial charge in [0.2, 0.25) is 0 Å². The number of hydrogen-bond donors (Lipinski definition) is 3. The molecule has 1 aromatic carbocycles. The highest BCUT2D eigenvalue weighted by Crippen LogP contribution is 2.48. The summed E-state index contributed by atoms with van der Waals surface area (Å²) in [5.74, 6) is -1.99. The summed E-state index contributed by atoms with van der Waals surface area (Å²) < 4.78 is 5.16. The van der Waals surface area contributed by atoms with Crippen molar-refractivity contribution < 1.29 is 29.0 Å². The van der Waals surface area contributed by atoms with E-state index in [9.17, 15) is 24.3 Å². The van der Waals surface area contributed by atoms with Gasteiger partial charge in [-0.1, -0.05) is 43.2 Å². The van der Waals surface area contributed by atoms with Gasteiger partial charge in [0.25, 0.3) is 0 Å². The van der Waals surface area contributed by atoms with Crippen molar-refractivity contribution in [3.05, 3.63) is 35.9 Å². The highest BCUT2D eigenvalue weighted by atomic mass is 16.5. The van der Waals surface area contributed by atoms with Crippen LogP contribution < -0.4 is 10.6 Å². The van der Waals surface area contributed by atoms with Gasteiger partial charge in [0.15, 0.2) is 11.6 Å². The smallest absolute Gasteiger partial charge is 0.323 e. The minimum atomic E-state index is -0.940. The summed E-state index contributed by atoms with van der Waals surface area (Å²) >= 11 is 0. The van der Waals surface area contributed by atoms with Crippen LogP contribution in [-0.2, 0) is 19.1 Å². The second-order valence-electron chi connectivity index (χ2n) is 9.23. The number of aliphatic carboxylic acids is 1. The molecule has 3 N–H and O–H groups in total. The molecule has 0 bridgehead atoms. The molecule has 1 aromatic rings. The van der Waals surface area contributed by atoms with Gasteiger partial charge in [0.1, 0.15) is 12.1 Å². The lowest BCUT2D eigenvalue weighted by Crippen LogP contribution is -2.52. The van der Waals surface area contributed by atoms with E-state index < -0.39 is 30.1 Å². The van der Waals surface area contributed by atoms with Crippen molar-refractivity contribution in [2.75, 3.05) is 13.2 Å². The maximum absolute atomic E-state index is 13.5. The molecule has 1 heterocycles. The number of carboxylic acid groups (broad SMARTS) is 1. The number of ether oxygens (including phenoxy) is 1. The Balaban J connectivity index is 1.72. The van der Waals surface area contributed by atoms with Crippen LogP contribution in [0.3, 0.4) is 0 Å². The van der Waals surface area contributed by atoms with Gasteiger partial charge in [0.05, 0.1) is 12.6 Å². The predicted molar refractivity (Wildman–Crippen MR) is 122 cm³/mol. The minimum absolute atomic E-state index is 0.0380. The highest BCUT2D eigenvalue weighted by Gasteiger charge is 2.51. The summed E-state index contributed by atoms with van der Waals surface area (Å²) in [7, 11) is 0. The van der Waals surface area contributed by atoms with Gasteiger partial charge >= 0.3 is 11.9 Å². The molecule has 33 heavy (non-hydrogen) atoms. The fourth-order valence-corrected chi connectivity index (χ4v) is 5.32. The van der Waals surface area contributed by atoms with Gasteiger partial charge in [-0.15, -0.1) is 0 Å². The van der Waals surface area contributed by atoms with Gasteiger partial charge in [-0.3, -0.25) is 24.5 Å². The molecule has 1 saturated carbocycles. The topological polar surface area (TPSA) is 122 Å². The van der Waals surface area contributed by atoms with Crippen molar-refractivity contribution in [1.82, 2.24) is 10.6 Å². The number of esters is 1. The van der Waals surface area contributed by atoms with E-state index in [1.54, 1.807) is 38.1 Å². The summed E-state index contributed by atoms with van der Waals surface area (Å²) in [5.41, 5.74) is 0.115. The molecule has 1 aliphatic carbocycles. The van der Waals surface area contributed by atoms with Crippen LogP contribution in [0.25, 0.3) is 0 Å². The van der Waals surface area contributed by atoms with E-state index in [1.165, 1.54) is 0 Å². The maximum atomic E-state index is 13.5. The fraction of sp³-hybridized carbons (Fsp3) is 0.600. The first-order valence-electron chi connectivity index (χ1n) is 11.8. The van der Waals surface area contributed by atoms with Crippen LogP contribution in [0.5, 0.6) is 0 Å². The largest absolute Gasteiger partial charge is 0.480 e. The lowest BCUT2D eigenvalue weighted by atomic mass is 9.62. The zero-order valence-corrected chi connectivity index (χ0v) is 19.3. The van der Waals surface area contributed by atoms with E-state index in [2.05, 4.69) is 10.6 Å². The molecule has 0 amide bonds. The van der Waals surface area contributed by atoms with Crippen molar-refractivity contribution >= 4 is 23.5 Å². The molecule has 1 spiro atoms. The van der Waals surface area contributed by atoms with E-state index in [0.29, 0.717) is 24.9 Å². The number of Topliss-reactive ketones (excluding diaryl/α,β-unsaturated/α-hetero) is 2. The molecule has 1 aliphatic heterocycles. The lowest BCUT2D eigenvalue weighted by Gasteiger charge is -2.41. The molecule has 8 heteroatoms. The first kappa shape index (κ1) is 25.1. The molecule has 5 atom stereocenters. The molecule has 2 aliphatic rings. The summed E-state index contributed by atoms with van der Waals surface area (Å²) in [6, 6.07) is 6.46. The molecular weight excluding hydrogens is 424 g/mol. The molecule has 0 aromatic heterocycles. The molecule has 4 unspecified atom stereocenters. The highest BCUT2D eigenvalue weighted by molar-refractivity contribution is 5.99. The number of carbonyl (C=O) groups is 4. The van der Waals surface area contributed by atoms with Crippen LogP contribution in [0.2, 0.25) is 0 Å². The Kier molecular flexibility index (Phi) is 8.37.